The molecule has 28 heavy (non-hydrogen) atoms. The van der Waals surface area contributed by atoms with Gasteiger partial charge in [0.05, 0.1) is 5.54 Å². The lowest BCUT2D eigenvalue weighted by Gasteiger charge is -2.35. The van der Waals surface area contributed by atoms with Gasteiger partial charge in [-0.1, -0.05) is 13.8 Å². The van der Waals surface area contributed by atoms with Crippen molar-refractivity contribution in [2.45, 2.75) is 57.6 Å². The first-order valence-corrected chi connectivity index (χ1v) is 10.3. The molecule has 3 rings (SSSR count). The lowest BCUT2D eigenvalue weighted by Crippen LogP contribution is -2.44. The second-order valence-corrected chi connectivity index (χ2v) is 9.26. The highest BCUT2D eigenvalue weighted by Gasteiger charge is 2.39. The van der Waals surface area contributed by atoms with E-state index in [0.29, 0.717) is 24.6 Å². The van der Waals surface area contributed by atoms with E-state index in [-0.39, 0.29) is 11.6 Å². The molecule has 0 aromatic carbocycles. The number of hydrogen-bond donors (Lipinski definition) is 2. The first kappa shape index (κ1) is 20.5. The molecule has 0 aliphatic carbocycles. The summed E-state index contributed by atoms with van der Waals surface area (Å²) in [7, 11) is -1.54. The molecule has 0 saturated heterocycles. The summed E-state index contributed by atoms with van der Waals surface area (Å²) < 4.78 is 37.0. The van der Waals surface area contributed by atoms with E-state index in [0.717, 1.165) is 0 Å². The number of fused-ring (bicyclic) bond motifs is 2. The maximum Gasteiger partial charge on any atom is 0.414 e. The summed E-state index contributed by atoms with van der Waals surface area (Å²) in [4.78, 5) is 21.6. The van der Waals surface area contributed by atoms with Crippen LogP contribution in [0.25, 0.3) is 0 Å². The van der Waals surface area contributed by atoms with Crippen molar-refractivity contribution in [3.05, 3.63) is 23.6 Å². The minimum Gasteiger partial charge on any atom is -0.444 e. The number of carbonyl (C=O) groups is 1. The van der Waals surface area contributed by atoms with Gasteiger partial charge in [-0.05, 0) is 44.6 Å². The van der Waals surface area contributed by atoms with Crippen LogP contribution in [0.3, 0.4) is 0 Å². The van der Waals surface area contributed by atoms with E-state index in [2.05, 4.69) is 20.0 Å². The molecule has 2 bridgehead atoms. The van der Waals surface area contributed by atoms with Crippen LogP contribution < -0.4 is 10.6 Å². The van der Waals surface area contributed by atoms with Crippen molar-refractivity contribution in [1.82, 2.24) is 10.3 Å². The van der Waals surface area contributed by atoms with Crippen LogP contribution in [0, 0.1) is 11.7 Å². The molecule has 0 fully saturated rings. The molecule has 3 heterocycles. The van der Waals surface area contributed by atoms with Gasteiger partial charge in [0.15, 0.2) is 5.72 Å². The van der Waals surface area contributed by atoms with Crippen LogP contribution in [0.5, 0.6) is 0 Å². The van der Waals surface area contributed by atoms with E-state index in [1.54, 1.807) is 20.8 Å². The van der Waals surface area contributed by atoms with Crippen molar-refractivity contribution in [2.75, 3.05) is 11.9 Å². The maximum atomic E-state index is 14.9. The largest absolute Gasteiger partial charge is 0.444 e. The third-order valence-corrected chi connectivity index (χ3v) is 6.33. The number of pyridine rings is 1. The number of ether oxygens (including phenoxy) is 1. The molecule has 2 atom stereocenters. The topological polar surface area (TPSA) is 105 Å². The van der Waals surface area contributed by atoms with Crippen molar-refractivity contribution in [3.8, 4) is 0 Å². The van der Waals surface area contributed by atoms with Gasteiger partial charge in [-0.15, -0.1) is 0 Å². The monoisotopic (exact) mass is 410 g/mol. The number of amides is 1. The Morgan fingerprint density at radius 1 is 1.32 bits per heavy atom. The van der Waals surface area contributed by atoms with Gasteiger partial charge in [0.2, 0.25) is 0 Å². The molecule has 0 unspecified atom stereocenters. The van der Waals surface area contributed by atoms with Crippen LogP contribution in [0.15, 0.2) is 21.5 Å². The molecule has 0 radical (unpaired) electrons. The van der Waals surface area contributed by atoms with Gasteiger partial charge in [0.1, 0.15) is 23.2 Å². The number of aromatic nitrogens is 1. The molecule has 2 aliphatic heterocycles. The summed E-state index contributed by atoms with van der Waals surface area (Å²) in [6, 6.07) is 2.74. The number of alkyl carbamates (subject to hydrolysis) is 1. The van der Waals surface area contributed by atoms with Gasteiger partial charge < -0.3 is 18.6 Å². The van der Waals surface area contributed by atoms with E-state index in [1.807, 2.05) is 13.8 Å². The van der Waals surface area contributed by atoms with Gasteiger partial charge in [-0.2, -0.15) is 10.6 Å². The molecule has 8 nitrogen and oxygen atoms in total. The molecule has 10 heteroatoms. The number of amidine groups is 1. The molecule has 1 amide bonds. The minimum absolute atomic E-state index is 0.0537. The molecule has 154 valence electrons. The zero-order valence-electron chi connectivity index (χ0n) is 16.6. The van der Waals surface area contributed by atoms with E-state index in [9.17, 15) is 13.4 Å². The first-order chi connectivity index (χ1) is 13.0. The summed E-state index contributed by atoms with van der Waals surface area (Å²) in [5.41, 5.74) is -2.33. The SMILES string of the molecule is CC(C)C1=N[C@@](C)([C@H]2CCN=[S-]2=O)c2nc(ccc2F)NC(C)(C)OC(=O)N1. The van der Waals surface area contributed by atoms with Crippen molar-refractivity contribution < 1.29 is 18.1 Å². The van der Waals surface area contributed by atoms with Crippen LogP contribution in [-0.4, -0.2) is 34.4 Å². The summed E-state index contributed by atoms with van der Waals surface area (Å²) in [6.07, 6.45) is -0.216. The van der Waals surface area contributed by atoms with Crippen molar-refractivity contribution >= 4 is 28.3 Å². The van der Waals surface area contributed by atoms with Crippen molar-refractivity contribution in [3.63, 3.8) is 0 Å². The minimum atomic E-state index is -1.54. The van der Waals surface area contributed by atoms with E-state index >= 15 is 0 Å². The third-order valence-electron chi connectivity index (χ3n) is 4.71. The lowest BCUT2D eigenvalue weighted by atomic mass is 9.90. The number of rotatable bonds is 2. The van der Waals surface area contributed by atoms with Crippen molar-refractivity contribution in [2.24, 2.45) is 15.3 Å². The molecule has 1 aromatic rings. The number of nitrogens with zero attached hydrogens (tertiary/aromatic N) is 3. The molecular formula is C18H25FN5O3S-. The smallest absolute Gasteiger partial charge is 0.414 e. The van der Waals surface area contributed by atoms with Gasteiger partial charge >= 0.3 is 6.09 Å². The lowest BCUT2D eigenvalue weighted by molar-refractivity contribution is 0.0622. The highest BCUT2D eigenvalue weighted by Crippen LogP contribution is 2.37. The van der Waals surface area contributed by atoms with Gasteiger partial charge in [-0.3, -0.25) is 10.3 Å². The third kappa shape index (κ3) is 3.96. The predicted octanol–water partition coefficient (Wildman–Crippen LogP) is 3.30. The number of nitrogens with one attached hydrogen (secondary N) is 2. The van der Waals surface area contributed by atoms with Crippen LogP contribution >= 0.6 is 0 Å². The fourth-order valence-corrected chi connectivity index (χ4v) is 4.65. The van der Waals surface area contributed by atoms with E-state index < -0.39 is 39.0 Å². The van der Waals surface area contributed by atoms with Gasteiger partial charge in [-0.25, -0.2) is 14.2 Å². The number of halogens is 1. The van der Waals surface area contributed by atoms with Crippen LogP contribution in [-0.2, 0) is 25.1 Å². The highest BCUT2D eigenvalue weighted by atomic mass is 32.2. The first-order valence-electron chi connectivity index (χ1n) is 9.15. The summed E-state index contributed by atoms with van der Waals surface area (Å²) in [5.74, 6) is -0.125. The summed E-state index contributed by atoms with van der Waals surface area (Å²) in [6.45, 7) is 9.10. The Morgan fingerprint density at radius 2 is 2.04 bits per heavy atom. The summed E-state index contributed by atoms with van der Waals surface area (Å²) >= 11 is 0. The second-order valence-electron chi connectivity index (χ2n) is 7.88. The van der Waals surface area contributed by atoms with Gasteiger partial charge in [0.25, 0.3) is 0 Å². The van der Waals surface area contributed by atoms with Crippen LogP contribution in [0.2, 0.25) is 0 Å². The molecular weight excluding hydrogens is 385 g/mol. The molecule has 2 N–H and O–H groups in total. The zero-order chi connectivity index (χ0) is 20.7. The molecule has 2 aliphatic rings. The molecule has 1 aromatic heterocycles. The average Bonchev–Trinajstić information content (AvgIpc) is 3.00. The van der Waals surface area contributed by atoms with Gasteiger partial charge in [0, 0.05) is 12.5 Å². The van der Waals surface area contributed by atoms with Crippen molar-refractivity contribution in [1.29, 1.82) is 0 Å². The van der Waals surface area contributed by atoms with E-state index in [4.69, 9.17) is 9.73 Å². The second kappa shape index (κ2) is 7.31. The number of cyclic esters (lactones) is 1. The maximum absolute atomic E-state index is 14.9. The Hall–Kier alpha value is -2.23. The Kier molecular flexibility index (Phi) is 5.35. The van der Waals surface area contributed by atoms with E-state index in [1.165, 1.54) is 12.1 Å². The standard InChI is InChI=1S/C18H25FN5O3S/c1-10(2)15-22-16(25)27-17(3,4)23-13-7-6-11(19)14(21-13)18(5,24-15)12-8-9-20-28(12)26/h6-7,10,12H,8-9H2,1-5H3,(H,21,23)(H,22,24,25)/q-1/t12-,18+/m1/s1. The quantitative estimate of drug-likeness (QED) is 0.728. The fraction of sp³-hybridized carbons (Fsp3) is 0.611. The highest BCUT2D eigenvalue weighted by molar-refractivity contribution is 7.75. The predicted molar refractivity (Wildman–Crippen MR) is 105 cm³/mol. The average molecular weight is 410 g/mol. The fourth-order valence-electron chi connectivity index (χ4n) is 3.32. The molecule has 0 spiro atoms. The molecule has 0 saturated carbocycles. The Labute approximate surface area is 165 Å². The zero-order valence-corrected chi connectivity index (χ0v) is 17.4. The Bertz CT molecular complexity index is 910. The number of carbonyl (C=O) groups excluding carboxylic acids is 1. The normalized spacial score (nSPS) is 27.8. The number of anilines is 1. The van der Waals surface area contributed by atoms with Crippen LogP contribution in [0.4, 0.5) is 15.0 Å². The Morgan fingerprint density at radius 3 is 2.64 bits per heavy atom. The summed E-state index contributed by atoms with van der Waals surface area (Å²) in [5, 5.41) is 5.08. The Balaban J connectivity index is 2.28. The van der Waals surface area contributed by atoms with Crippen LogP contribution in [0.1, 0.15) is 46.7 Å². The number of aliphatic imine (C=N–C) groups is 1. The number of hydrogen-bond acceptors (Lipinski definition) is 8.